The summed E-state index contributed by atoms with van der Waals surface area (Å²) >= 11 is 0. The second-order valence-electron chi connectivity index (χ2n) is 13.5. The van der Waals surface area contributed by atoms with Crippen molar-refractivity contribution in [1.82, 2.24) is 0 Å². The fraction of sp³-hybridized carbons (Fsp3) is 0.302. The highest BCUT2D eigenvalue weighted by Crippen LogP contribution is 2.45. The summed E-state index contributed by atoms with van der Waals surface area (Å²) in [6.45, 7) is 2.39. The highest BCUT2D eigenvalue weighted by atomic mass is 15.2. The van der Waals surface area contributed by atoms with Gasteiger partial charge in [-0.2, -0.15) is 0 Å². The maximum atomic E-state index is 2.62. The number of fused-ring (bicyclic) bond motifs is 2. The van der Waals surface area contributed by atoms with Crippen LogP contribution >= 0.6 is 0 Å². The molecule has 0 N–H and O–H groups in total. The second-order valence-corrected chi connectivity index (χ2v) is 13.5. The van der Waals surface area contributed by atoms with E-state index >= 15 is 0 Å². The van der Waals surface area contributed by atoms with Crippen molar-refractivity contribution in [2.24, 2.45) is 11.8 Å². The number of benzene rings is 2. The third-order valence-corrected chi connectivity index (χ3v) is 10.8. The van der Waals surface area contributed by atoms with Crippen LogP contribution < -0.4 is 9.80 Å². The molecular formula is C43H44N2. The monoisotopic (exact) mass is 588 g/mol. The molecule has 5 unspecified atom stereocenters. The molecule has 5 atom stereocenters. The van der Waals surface area contributed by atoms with E-state index in [1.807, 2.05) is 0 Å². The molecule has 0 bridgehead atoms. The van der Waals surface area contributed by atoms with Gasteiger partial charge in [-0.05, 0) is 110 Å². The number of allylic oxidation sites excluding steroid dienone is 12. The number of hydrogen-bond donors (Lipinski definition) is 0. The van der Waals surface area contributed by atoms with Gasteiger partial charge in [-0.3, -0.25) is 0 Å². The molecule has 2 aromatic carbocycles. The molecule has 0 radical (unpaired) electrons. The van der Waals surface area contributed by atoms with E-state index in [2.05, 4.69) is 150 Å². The Morgan fingerprint density at radius 3 is 2.38 bits per heavy atom. The van der Waals surface area contributed by atoms with Crippen molar-refractivity contribution in [3.63, 3.8) is 0 Å². The molecule has 2 aromatic rings. The normalized spacial score (nSPS) is 28.4. The van der Waals surface area contributed by atoms with Gasteiger partial charge in [0, 0.05) is 40.6 Å². The van der Waals surface area contributed by atoms with E-state index in [1.165, 1.54) is 54.0 Å². The Morgan fingerprint density at radius 2 is 1.60 bits per heavy atom. The van der Waals surface area contributed by atoms with E-state index in [0.717, 1.165) is 19.3 Å². The van der Waals surface area contributed by atoms with Crippen molar-refractivity contribution < 1.29 is 0 Å². The number of hydrogen-bond acceptors (Lipinski definition) is 2. The summed E-state index contributed by atoms with van der Waals surface area (Å²) in [6, 6.07) is 21.4. The molecule has 226 valence electrons. The minimum absolute atomic E-state index is 0.373. The topological polar surface area (TPSA) is 6.48 Å². The summed E-state index contributed by atoms with van der Waals surface area (Å²) in [5, 5.41) is 0. The van der Waals surface area contributed by atoms with Crippen LogP contribution in [0.1, 0.15) is 63.4 Å². The maximum Gasteiger partial charge on any atom is 0.0626 e. The fourth-order valence-electron chi connectivity index (χ4n) is 8.49. The van der Waals surface area contributed by atoms with E-state index in [1.54, 1.807) is 16.7 Å². The number of nitrogens with zero attached hydrogens (tertiary/aromatic N) is 2. The van der Waals surface area contributed by atoms with Crippen LogP contribution in [-0.2, 0) is 0 Å². The molecule has 5 aliphatic carbocycles. The van der Waals surface area contributed by atoms with E-state index < -0.39 is 0 Å². The predicted octanol–water partition coefficient (Wildman–Crippen LogP) is 10.7. The fourth-order valence-corrected chi connectivity index (χ4v) is 8.49. The summed E-state index contributed by atoms with van der Waals surface area (Å²) in [5.41, 5.74) is 11.5. The largest absolute Gasteiger partial charge is 0.338 e. The molecule has 45 heavy (non-hydrogen) atoms. The van der Waals surface area contributed by atoms with E-state index in [9.17, 15) is 0 Å². The smallest absolute Gasteiger partial charge is 0.0626 e. The molecule has 0 fully saturated rings. The third kappa shape index (κ3) is 5.35. The first-order chi connectivity index (χ1) is 22.2. The zero-order chi connectivity index (χ0) is 30.2. The highest BCUT2D eigenvalue weighted by molar-refractivity contribution is 5.65. The molecule has 2 heteroatoms. The van der Waals surface area contributed by atoms with Crippen molar-refractivity contribution in [1.29, 1.82) is 0 Å². The lowest BCUT2D eigenvalue weighted by molar-refractivity contribution is 0.555. The van der Waals surface area contributed by atoms with Gasteiger partial charge in [-0.15, -0.1) is 0 Å². The van der Waals surface area contributed by atoms with Crippen LogP contribution in [-0.4, -0.2) is 12.1 Å². The molecule has 8 rings (SSSR count). The third-order valence-electron chi connectivity index (χ3n) is 10.8. The molecular weight excluding hydrogens is 544 g/mol. The SMILES string of the molecule is CC1C=C(N(c2ccccc2)C2CC=C(C3=CC=CCC3)CC2)C=CC1c1ccc(N2C3=C(CCC=C3)C3C=CC=CC32)cc1. The standard InChI is InChI=1S/C43H44N2/c1-31-30-38(44(35-14-6-3-7-15-35)36-24-20-33(21-25-36)32-12-4-2-5-13-32)28-29-39(31)34-22-26-37(27-23-34)45-42-18-10-8-16-40(42)41-17-9-11-19-43(41)45/h2-4,6-8,10-12,14-16,18-20,22-23,26-31,36,39-40,42H,5,9,13,17,21,24-25H2,1H3. The lowest BCUT2D eigenvalue weighted by Gasteiger charge is -2.39. The van der Waals surface area contributed by atoms with Crippen LogP contribution in [0.3, 0.4) is 0 Å². The minimum atomic E-state index is 0.373. The van der Waals surface area contributed by atoms with Crippen molar-refractivity contribution >= 4 is 11.4 Å². The van der Waals surface area contributed by atoms with Crippen LogP contribution in [0.2, 0.25) is 0 Å². The average Bonchev–Trinajstić information content (AvgIpc) is 3.44. The van der Waals surface area contributed by atoms with Gasteiger partial charge in [0.1, 0.15) is 0 Å². The Balaban J connectivity index is 1.02. The average molecular weight is 589 g/mol. The predicted molar refractivity (Wildman–Crippen MR) is 190 cm³/mol. The van der Waals surface area contributed by atoms with Crippen molar-refractivity contribution in [2.75, 3.05) is 9.80 Å². The minimum Gasteiger partial charge on any atom is -0.338 e. The second kappa shape index (κ2) is 12.2. The molecule has 1 heterocycles. The highest BCUT2D eigenvalue weighted by Gasteiger charge is 2.39. The summed E-state index contributed by atoms with van der Waals surface area (Å²) in [5.74, 6) is 1.28. The van der Waals surface area contributed by atoms with Gasteiger partial charge in [0.15, 0.2) is 0 Å². The molecule has 0 saturated heterocycles. The number of anilines is 2. The van der Waals surface area contributed by atoms with Gasteiger partial charge in [-0.1, -0.05) is 104 Å². The first-order valence-corrected chi connectivity index (χ1v) is 17.2. The van der Waals surface area contributed by atoms with Crippen LogP contribution in [0.4, 0.5) is 11.4 Å². The molecule has 0 amide bonds. The lowest BCUT2D eigenvalue weighted by atomic mass is 9.82. The Morgan fingerprint density at radius 1 is 0.756 bits per heavy atom. The van der Waals surface area contributed by atoms with Gasteiger partial charge in [-0.25, -0.2) is 0 Å². The molecule has 0 aromatic heterocycles. The van der Waals surface area contributed by atoms with Crippen molar-refractivity contribution in [3.8, 4) is 0 Å². The molecule has 0 saturated carbocycles. The van der Waals surface area contributed by atoms with Crippen LogP contribution in [0.15, 0.2) is 162 Å². The summed E-state index contributed by atoms with van der Waals surface area (Å²) in [7, 11) is 0. The first kappa shape index (κ1) is 28.2. The lowest BCUT2D eigenvalue weighted by Crippen LogP contribution is -2.36. The summed E-state index contributed by atoms with van der Waals surface area (Å²) < 4.78 is 0. The van der Waals surface area contributed by atoms with Gasteiger partial charge >= 0.3 is 0 Å². The molecule has 1 aliphatic heterocycles. The molecule has 0 spiro atoms. The Labute approximate surface area is 269 Å². The summed E-state index contributed by atoms with van der Waals surface area (Å²) in [6.07, 6.45) is 38.8. The maximum absolute atomic E-state index is 2.62. The first-order valence-electron chi connectivity index (χ1n) is 17.2. The Hall–Kier alpha value is -4.30. The number of rotatable bonds is 6. The van der Waals surface area contributed by atoms with E-state index in [-0.39, 0.29) is 0 Å². The molecule has 2 nitrogen and oxygen atoms in total. The number of para-hydroxylation sites is 1. The Kier molecular flexibility index (Phi) is 7.67. The van der Waals surface area contributed by atoms with Crippen LogP contribution in [0.5, 0.6) is 0 Å². The molecule has 6 aliphatic rings. The summed E-state index contributed by atoms with van der Waals surface area (Å²) in [4.78, 5) is 5.19. The van der Waals surface area contributed by atoms with Crippen molar-refractivity contribution in [3.05, 3.63) is 167 Å². The zero-order valence-corrected chi connectivity index (χ0v) is 26.4. The van der Waals surface area contributed by atoms with Crippen molar-refractivity contribution in [2.45, 2.75) is 69.9 Å². The van der Waals surface area contributed by atoms with Gasteiger partial charge in [0.05, 0.1) is 6.04 Å². The van der Waals surface area contributed by atoms with E-state index in [4.69, 9.17) is 0 Å². The quantitative estimate of drug-likeness (QED) is 0.331. The van der Waals surface area contributed by atoms with E-state index in [0.29, 0.717) is 29.8 Å². The van der Waals surface area contributed by atoms with Gasteiger partial charge < -0.3 is 9.80 Å². The van der Waals surface area contributed by atoms with Crippen LogP contribution in [0.25, 0.3) is 0 Å². The Bertz CT molecular complexity index is 1700. The van der Waals surface area contributed by atoms with Gasteiger partial charge in [0.2, 0.25) is 0 Å². The van der Waals surface area contributed by atoms with Crippen LogP contribution in [0, 0.1) is 11.8 Å². The zero-order valence-electron chi connectivity index (χ0n) is 26.4. The van der Waals surface area contributed by atoms with Gasteiger partial charge in [0.25, 0.3) is 0 Å².